The lowest BCUT2D eigenvalue weighted by Crippen LogP contribution is -2.28. The van der Waals surface area contributed by atoms with Gasteiger partial charge < -0.3 is 9.84 Å². The second kappa shape index (κ2) is 6.80. The van der Waals surface area contributed by atoms with Crippen LogP contribution in [0, 0.1) is 6.92 Å². The minimum Gasteiger partial charge on any atom is -0.479 e. The number of carboxylic acids is 1. The maximum absolute atomic E-state index is 12.1. The molecule has 0 bridgehead atoms. The van der Waals surface area contributed by atoms with E-state index in [1.165, 1.54) is 6.33 Å². The lowest BCUT2D eigenvalue weighted by atomic mass is 9.92. The predicted octanol–water partition coefficient (Wildman–Crippen LogP) is 3.94. The van der Waals surface area contributed by atoms with E-state index in [4.69, 9.17) is 4.74 Å². The molecule has 6 heteroatoms. The normalized spacial score (nSPS) is 12.9. The first-order valence-electron chi connectivity index (χ1n) is 8.33. The zero-order valence-electron chi connectivity index (χ0n) is 15.2. The Labute approximate surface area is 151 Å². The molecule has 1 atom stereocenters. The van der Waals surface area contributed by atoms with Gasteiger partial charge in [-0.3, -0.25) is 4.98 Å². The third kappa shape index (κ3) is 3.55. The second-order valence-electron chi connectivity index (χ2n) is 7.08. The van der Waals surface area contributed by atoms with Crippen molar-refractivity contribution in [2.24, 2.45) is 0 Å². The Morgan fingerprint density at radius 3 is 2.42 bits per heavy atom. The summed E-state index contributed by atoms with van der Waals surface area (Å²) in [5, 5.41) is 10.7. The molecule has 26 heavy (non-hydrogen) atoms. The highest BCUT2D eigenvalue weighted by Crippen LogP contribution is 2.38. The molecule has 0 aliphatic rings. The van der Waals surface area contributed by atoms with Crippen molar-refractivity contribution in [2.45, 2.75) is 39.4 Å². The summed E-state index contributed by atoms with van der Waals surface area (Å²) in [6.07, 6.45) is 3.64. The van der Waals surface area contributed by atoms with E-state index in [-0.39, 0.29) is 0 Å². The average molecular weight is 351 g/mol. The average Bonchev–Trinajstić information content (AvgIpc) is 2.58. The van der Waals surface area contributed by atoms with E-state index in [1.54, 1.807) is 19.3 Å². The van der Waals surface area contributed by atoms with Crippen molar-refractivity contribution in [3.63, 3.8) is 0 Å². The molecular formula is C20H21N3O3. The predicted molar refractivity (Wildman–Crippen MR) is 98.7 cm³/mol. The molecule has 0 aliphatic heterocycles. The van der Waals surface area contributed by atoms with Gasteiger partial charge in [-0.25, -0.2) is 14.8 Å². The lowest BCUT2D eigenvalue weighted by Gasteiger charge is -2.28. The van der Waals surface area contributed by atoms with Crippen molar-refractivity contribution in [3.05, 3.63) is 54.2 Å². The van der Waals surface area contributed by atoms with Gasteiger partial charge in [-0.05, 0) is 33.8 Å². The van der Waals surface area contributed by atoms with Crippen molar-refractivity contribution in [2.75, 3.05) is 0 Å². The molecule has 2 heterocycles. The Morgan fingerprint density at radius 1 is 1.15 bits per heavy atom. The van der Waals surface area contributed by atoms with Crippen LogP contribution >= 0.6 is 0 Å². The van der Waals surface area contributed by atoms with Gasteiger partial charge in [-0.1, -0.05) is 18.2 Å². The van der Waals surface area contributed by atoms with Gasteiger partial charge >= 0.3 is 5.97 Å². The fraction of sp³-hybridized carbons (Fsp3) is 0.300. The maximum Gasteiger partial charge on any atom is 0.337 e. The summed E-state index contributed by atoms with van der Waals surface area (Å²) in [5.74, 6) is -1.06. The summed E-state index contributed by atoms with van der Waals surface area (Å²) >= 11 is 0. The number of para-hydroxylation sites is 1. The van der Waals surface area contributed by atoms with Gasteiger partial charge in [-0.2, -0.15) is 0 Å². The van der Waals surface area contributed by atoms with Gasteiger partial charge in [0.25, 0.3) is 0 Å². The fourth-order valence-electron chi connectivity index (χ4n) is 3.00. The Morgan fingerprint density at radius 2 is 1.81 bits per heavy atom. The molecule has 6 nitrogen and oxygen atoms in total. The summed E-state index contributed by atoms with van der Waals surface area (Å²) in [6.45, 7) is 7.30. The van der Waals surface area contributed by atoms with Crippen molar-refractivity contribution in [3.8, 4) is 11.1 Å². The highest BCUT2D eigenvalue weighted by atomic mass is 16.5. The topological polar surface area (TPSA) is 85.2 Å². The van der Waals surface area contributed by atoms with E-state index in [1.807, 2.05) is 45.0 Å². The highest BCUT2D eigenvalue weighted by Gasteiger charge is 2.32. The number of aryl methyl sites for hydroxylation is 1. The van der Waals surface area contributed by atoms with Crippen LogP contribution in [0.3, 0.4) is 0 Å². The molecule has 0 fully saturated rings. The number of hydrogen-bond donors (Lipinski definition) is 1. The molecule has 1 N–H and O–H groups in total. The number of aliphatic carboxylic acids is 1. The number of ether oxygens (including phenoxy) is 1. The Bertz CT molecular complexity index is 950. The van der Waals surface area contributed by atoms with E-state index in [2.05, 4.69) is 15.0 Å². The van der Waals surface area contributed by atoms with Crippen LogP contribution in [-0.2, 0) is 9.53 Å². The van der Waals surface area contributed by atoms with Crippen LogP contribution in [0.5, 0.6) is 0 Å². The van der Waals surface area contributed by atoms with Crippen LogP contribution in [-0.4, -0.2) is 31.6 Å². The van der Waals surface area contributed by atoms with Crippen molar-refractivity contribution < 1.29 is 14.6 Å². The Hall–Kier alpha value is -2.86. The van der Waals surface area contributed by atoms with Gasteiger partial charge in [0.1, 0.15) is 6.33 Å². The number of benzene rings is 1. The summed E-state index contributed by atoms with van der Waals surface area (Å²) in [5.41, 5.74) is 2.76. The molecule has 1 unspecified atom stereocenters. The fourth-order valence-corrected chi connectivity index (χ4v) is 3.00. The molecule has 0 saturated carbocycles. The molecular weight excluding hydrogens is 330 g/mol. The molecule has 0 aliphatic carbocycles. The Balaban J connectivity index is 2.37. The summed E-state index contributed by atoms with van der Waals surface area (Å²) < 4.78 is 5.90. The zero-order valence-corrected chi connectivity index (χ0v) is 15.2. The third-order valence-electron chi connectivity index (χ3n) is 3.93. The van der Waals surface area contributed by atoms with E-state index in [0.29, 0.717) is 11.3 Å². The van der Waals surface area contributed by atoms with Crippen LogP contribution < -0.4 is 0 Å². The van der Waals surface area contributed by atoms with Gasteiger partial charge in [0.15, 0.2) is 6.10 Å². The summed E-state index contributed by atoms with van der Waals surface area (Å²) in [4.78, 5) is 24.9. The summed E-state index contributed by atoms with van der Waals surface area (Å²) in [7, 11) is 0. The summed E-state index contributed by atoms with van der Waals surface area (Å²) in [6, 6.07) is 7.63. The minimum absolute atomic E-state index is 0.529. The number of hydrogen-bond acceptors (Lipinski definition) is 5. The van der Waals surface area contributed by atoms with Crippen LogP contribution in [0.25, 0.3) is 22.0 Å². The van der Waals surface area contributed by atoms with Gasteiger partial charge in [0, 0.05) is 40.2 Å². The second-order valence-corrected chi connectivity index (χ2v) is 7.08. The molecule has 2 aromatic heterocycles. The number of carboxylic acid groups (broad SMARTS) is 1. The number of pyridine rings is 1. The van der Waals surface area contributed by atoms with Crippen LogP contribution in [0.1, 0.15) is 38.1 Å². The quantitative estimate of drug-likeness (QED) is 0.766. The number of fused-ring (bicyclic) bond motifs is 1. The molecule has 0 spiro atoms. The van der Waals surface area contributed by atoms with E-state index in [9.17, 15) is 9.90 Å². The zero-order chi connectivity index (χ0) is 18.9. The van der Waals surface area contributed by atoms with Crippen molar-refractivity contribution in [1.82, 2.24) is 15.0 Å². The number of nitrogens with zero attached hydrogens (tertiary/aromatic N) is 3. The smallest absolute Gasteiger partial charge is 0.337 e. The minimum atomic E-state index is -1.15. The van der Waals surface area contributed by atoms with E-state index < -0.39 is 17.7 Å². The van der Waals surface area contributed by atoms with Crippen LogP contribution in [0.4, 0.5) is 0 Å². The molecule has 0 radical (unpaired) electrons. The molecule has 3 aromatic rings. The highest BCUT2D eigenvalue weighted by molar-refractivity contribution is 5.98. The third-order valence-corrected chi connectivity index (χ3v) is 3.93. The van der Waals surface area contributed by atoms with E-state index in [0.717, 1.165) is 22.0 Å². The first-order valence-corrected chi connectivity index (χ1v) is 8.33. The first-order chi connectivity index (χ1) is 12.3. The molecule has 1 aromatic carbocycles. The molecule has 3 rings (SSSR count). The monoisotopic (exact) mass is 351 g/mol. The first kappa shape index (κ1) is 17.9. The van der Waals surface area contributed by atoms with E-state index >= 15 is 0 Å². The number of carbonyl (C=O) groups is 1. The van der Waals surface area contributed by atoms with Gasteiger partial charge in [0.2, 0.25) is 0 Å². The lowest BCUT2D eigenvalue weighted by molar-refractivity contribution is -0.160. The molecule has 0 saturated heterocycles. The van der Waals surface area contributed by atoms with Gasteiger partial charge in [-0.15, -0.1) is 0 Å². The van der Waals surface area contributed by atoms with Crippen LogP contribution in [0.2, 0.25) is 0 Å². The maximum atomic E-state index is 12.1. The SMILES string of the molecule is Cc1nc2ccccc2c(-c2cncnc2)c1C(OC(C)(C)C)C(=O)O. The molecule has 0 amide bonds. The number of rotatable bonds is 4. The van der Waals surface area contributed by atoms with Crippen molar-refractivity contribution >= 4 is 16.9 Å². The van der Waals surface area contributed by atoms with Gasteiger partial charge in [0.05, 0.1) is 11.1 Å². The largest absolute Gasteiger partial charge is 0.479 e. The number of aromatic nitrogens is 3. The Kier molecular flexibility index (Phi) is 4.70. The standard InChI is InChI=1S/C20H21N3O3/c1-12-16(18(19(24)25)26-20(2,3)4)17(13-9-21-11-22-10-13)14-7-5-6-8-15(14)23-12/h5-11,18H,1-4H3,(H,24,25). The van der Waals surface area contributed by atoms with Crippen LogP contribution in [0.15, 0.2) is 43.0 Å². The van der Waals surface area contributed by atoms with Crippen molar-refractivity contribution in [1.29, 1.82) is 0 Å². The molecule has 134 valence electrons.